The van der Waals surface area contributed by atoms with Crippen molar-refractivity contribution in [3.63, 3.8) is 0 Å². The molecule has 0 aliphatic carbocycles. The molecule has 1 saturated heterocycles. The summed E-state index contributed by atoms with van der Waals surface area (Å²) in [7, 11) is 0. The van der Waals surface area contributed by atoms with Crippen LogP contribution in [0.25, 0.3) is 0 Å². The second kappa shape index (κ2) is 5.07. The fraction of sp³-hybridized carbons (Fsp3) is 0.571. The zero-order valence-corrected chi connectivity index (χ0v) is 10.9. The van der Waals surface area contributed by atoms with Crippen LogP contribution in [-0.4, -0.2) is 31.8 Å². The molecule has 2 rings (SSSR count). The molecule has 1 aromatic rings. The zero-order valence-electron chi connectivity index (χ0n) is 10.9. The molecular weight excluding hydrogens is 212 g/mol. The molecule has 3 nitrogen and oxygen atoms in total. The summed E-state index contributed by atoms with van der Waals surface area (Å²) in [4.78, 5) is 2.40. The Hall–Kier alpha value is -1.06. The van der Waals surface area contributed by atoms with E-state index in [0.29, 0.717) is 6.54 Å². The predicted molar refractivity (Wildman–Crippen MR) is 71.5 cm³/mol. The Labute approximate surface area is 104 Å². The quantitative estimate of drug-likeness (QED) is 0.849. The summed E-state index contributed by atoms with van der Waals surface area (Å²) in [6.45, 7) is 8.83. The number of anilines is 1. The minimum absolute atomic E-state index is 0.152. The average Bonchev–Trinajstić information content (AvgIpc) is 2.31. The first-order valence-corrected chi connectivity index (χ1v) is 6.28. The normalized spacial score (nSPS) is 25.1. The Morgan fingerprint density at radius 3 is 2.82 bits per heavy atom. The van der Waals surface area contributed by atoms with Crippen LogP contribution in [0.1, 0.15) is 18.1 Å². The maximum absolute atomic E-state index is 5.79. The highest BCUT2D eigenvalue weighted by atomic mass is 16.5. The molecule has 1 aliphatic heterocycles. The van der Waals surface area contributed by atoms with Crippen LogP contribution in [-0.2, 0) is 4.74 Å². The molecule has 1 heterocycles. The first-order valence-electron chi connectivity index (χ1n) is 6.28. The smallest absolute Gasteiger partial charge is 0.0876 e. The number of hydrogen-bond acceptors (Lipinski definition) is 3. The topological polar surface area (TPSA) is 38.5 Å². The minimum atomic E-state index is 0.152. The van der Waals surface area contributed by atoms with Gasteiger partial charge in [-0.1, -0.05) is 12.1 Å². The van der Waals surface area contributed by atoms with E-state index in [0.717, 1.165) is 13.1 Å². The lowest BCUT2D eigenvalue weighted by Gasteiger charge is -2.38. The van der Waals surface area contributed by atoms with Gasteiger partial charge in [-0.25, -0.2) is 0 Å². The van der Waals surface area contributed by atoms with Crippen molar-refractivity contribution < 1.29 is 4.74 Å². The Morgan fingerprint density at radius 2 is 2.12 bits per heavy atom. The van der Waals surface area contributed by atoms with Gasteiger partial charge in [-0.2, -0.15) is 0 Å². The lowest BCUT2D eigenvalue weighted by molar-refractivity contribution is -0.0105. The van der Waals surface area contributed by atoms with Crippen LogP contribution in [0.2, 0.25) is 0 Å². The van der Waals surface area contributed by atoms with Gasteiger partial charge >= 0.3 is 0 Å². The molecule has 0 saturated carbocycles. The van der Waals surface area contributed by atoms with E-state index in [2.05, 4.69) is 43.9 Å². The highest BCUT2D eigenvalue weighted by Crippen LogP contribution is 2.25. The van der Waals surface area contributed by atoms with Crippen molar-refractivity contribution in [2.75, 3.05) is 24.5 Å². The lowest BCUT2D eigenvalue weighted by Crippen LogP contribution is -2.49. The Kier molecular flexibility index (Phi) is 3.69. The molecule has 1 aliphatic rings. The first kappa shape index (κ1) is 12.4. The average molecular weight is 234 g/mol. The van der Waals surface area contributed by atoms with Crippen molar-refractivity contribution in [3.05, 3.63) is 29.3 Å². The fourth-order valence-electron chi connectivity index (χ4n) is 2.43. The van der Waals surface area contributed by atoms with Gasteiger partial charge in [0.15, 0.2) is 0 Å². The van der Waals surface area contributed by atoms with E-state index >= 15 is 0 Å². The van der Waals surface area contributed by atoms with E-state index in [1.165, 1.54) is 16.8 Å². The second-order valence-electron chi connectivity index (χ2n) is 5.00. The molecule has 2 N–H and O–H groups in total. The van der Waals surface area contributed by atoms with Crippen molar-refractivity contribution in [3.8, 4) is 0 Å². The molecule has 3 heteroatoms. The summed E-state index contributed by atoms with van der Waals surface area (Å²) >= 11 is 0. The molecule has 2 atom stereocenters. The molecule has 2 unspecified atom stereocenters. The van der Waals surface area contributed by atoms with Gasteiger partial charge in [0.1, 0.15) is 0 Å². The number of nitrogens with two attached hydrogens (primary N) is 1. The van der Waals surface area contributed by atoms with Crippen LogP contribution < -0.4 is 10.6 Å². The molecule has 1 aromatic carbocycles. The first-order chi connectivity index (χ1) is 8.10. The highest BCUT2D eigenvalue weighted by molar-refractivity contribution is 5.55. The third-order valence-corrected chi connectivity index (χ3v) is 3.29. The van der Waals surface area contributed by atoms with Crippen molar-refractivity contribution in [1.29, 1.82) is 0 Å². The summed E-state index contributed by atoms with van der Waals surface area (Å²) < 4.78 is 5.79. The molecule has 0 bridgehead atoms. The van der Waals surface area contributed by atoms with Crippen molar-refractivity contribution in [2.45, 2.75) is 33.0 Å². The Bertz CT molecular complexity index is 392. The van der Waals surface area contributed by atoms with Gasteiger partial charge in [-0.05, 0) is 38.0 Å². The van der Waals surface area contributed by atoms with Crippen molar-refractivity contribution >= 4 is 5.69 Å². The summed E-state index contributed by atoms with van der Waals surface area (Å²) in [5.74, 6) is 0. The van der Waals surface area contributed by atoms with E-state index in [-0.39, 0.29) is 12.2 Å². The van der Waals surface area contributed by atoms with E-state index in [4.69, 9.17) is 10.5 Å². The van der Waals surface area contributed by atoms with Crippen LogP contribution in [0, 0.1) is 13.8 Å². The van der Waals surface area contributed by atoms with Gasteiger partial charge < -0.3 is 15.4 Å². The van der Waals surface area contributed by atoms with Crippen LogP contribution in [0.4, 0.5) is 5.69 Å². The third-order valence-electron chi connectivity index (χ3n) is 3.29. The van der Waals surface area contributed by atoms with Crippen LogP contribution in [0.15, 0.2) is 18.2 Å². The van der Waals surface area contributed by atoms with Crippen LogP contribution >= 0.6 is 0 Å². The number of ether oxygens (including phenoxy) is 1. The zero-order chi connectivity index (χ0) is 12.4. The molecular formula is C14H22N2O. The van der Waals surface area contributed by atoms with E-state index in [1.807, 2.05) is 0 Å². The molecule has 17 heavy (non-hydrogen) atoms. The van der Waals surface area contributed by atoms with E-state index in [9.17, 15) is 0 Å². The summed E-state index contributed by atoms with van der Waals surface area (Å²) in [5.41, 5.74) is 9.66. The number of rotatable bonds is 2. The summed E-state index contributed by atoms with van der Waals surface area (Å²) in [5, 5.41) is 0. The van der Waals surface area contributed by atoms with Crippen molar-refractivity contribution in [2.24, 2.45) is 5.73 Å². The van der Waals surface area contributed by atoms with Gasteiger partial charge in [0, 0.05) is 25.3 Å². The number of benzene rings is 1. The van der Waals surface area contributed by atoms with Gasteiger partial charge in [-0.3, -0.25) is 0 Å². The summed E-state index contributed by atoms with van der Waals surface area (Å²) in [6, 6.07) is 6.59. The molecule has 0 amide bonds. The minimum Gasteiger partial charge on any atom is -0.370 e. The molecule has 0 spiro atoms. The third kappa shape index (κ3) is 2.79. The number of aryl methyl sites for hydroxylation is 2. The van der Waals surface area contributed by atoms with Crippen molar-refractivity contribution in [1.82, 2.24) is 0 Å². The van der Waals surface area contributed by atoms with Gasteiger partial charge in [-0.15, -0.1) is 0 Å². The number of morpholine rings is 1. The molecule has 94 valence electrons. The largest absolute Gasteiger partial charge is 0.370 e. The fourth-order valence-corrected chi connectivity index (χ4v) is 2.43. The van der Waals surface area contributed by atoms with Crippen LogP contribution in [0.3, 0.4) is 0 Å². The van der Waals surface area contributed by atoms with Gasteiger partial charge in [0.05, 0.1) is 12.2 Å². The predicted octanol–water partition coefficient (Wildman–Crippen LogP) is 1.86. The Balaban J connectivity index is 2.23. The van der Waals surface area contributed by atoms with Gasteiger partial charge in [0.25, 0.3) is 0 Å². The highest BCUT2D eigenvalue weighted by Gasteiger charge is 2.25. The summed E-state index contributed by atoms with van der Waals surface area (Å²) in [6.07, 6.45) is 0.399. The number of hydrogen-bond donors (Lipinski definition) is 1. The van der Waals surface area contributed by atoms with E-state index in [1.54, 1.807) is 0 Å². The standard InChI is InChI=1S/C14H22N2O/c1-10-4-5-11(2)14(6-10)16-8-12(3)17-13(7-15)9-16/h4-6,12-13H,7-9,15H2,1-3H3. The molecule has 1 fully saturated rings. The molecule has 0 radical (unpaired) electrons. The maximum atomic E-state index is 5.79. The molecule has 0 aromatic heterocycles. The number of nitrogens with zero attached hydrogens (tertiary/aromatic N) is 1. The maximum Gasteiger partial charge on any atom is 0.0876 e. The second-order valence-corrected chi connectivity index (χ2v) is 5.00. The lowest BCUT2D eigenvalue weighted by atomic mass is 10.1. The Morgan fingerprint density at radius 1 is 1.35 bits per heavy atom. The monoisotopic (exact) mass is 234 g/mol. The van der Waals surface area contributed by atoms with Gasteiger partial charge in [0.2, 0.25) is 0 Å². The van der Waals surface area contributed by atoms with Crippen LogP contribution in [0.5, 0.6) is 0 Å². The van der Waals surface area contributed by atoms with E-state index < -0.39 is 0 Å². The SMILES string of the molecule is Cc1ccc(C)c(N2CC(C)OC(CN)C2)c1.